The Morgan fingerprint density at radius 3 is 2.71 bits per heavy atom. The van der Waals surface area contributed by atoms with Gasteiger partial charge in [-0.2, -0.15) is 5.10 Å². The van der Waals surface area contributed by atoms with Crippen LogP contribution in [0.25, 0.3) is 5.69 Å². The molecule has 21 heavy (non-hydrogen) atoms. The van der Waals surface area contributed by atoms with Crippen LogP contribution in [0, 0.1) is 12.7 Å². The molecule has 2 rings (SSSR count). The summed E-state index contributed by atoms with van der Waals surface area (Å²) in [5.74, 6) is -0.582. The number of halogens is 2. The van der Waals surface area contributed by atoms with Gasteiger partial charge in [0.1, 0.15) is 11.5 Å². The number of nitrogens with one attached hydrogen (secondary N) is 2. The Morgan fingerprint density at radius 2 is 2.05 bits per heavy atom. The summed E-state index contributed by atoms with van der Waals surface area (Å²) in [6, 6.07) is 6.33. The first-order chi connectivity index (χ1) is 9.65. The number of aromatic nitrogens is 2. The van der Waals surface area contributed by atoms with Crippen LogP contribution in [0.3, 0.4) is 0 Å². The summed E-state index contributed by atoms with van der Waals surface area (Å²) >= 11 is 0. The van der Waals surface area contributed by atoms with E-state index in [9.17, 15) is 9.18 Å². The zero-order valence-corrected chi connectivity index (χ0v) is 12.7. The van der Waals surface area contributed by atoms with E-state index in [1.54, 1.807) is 25.1 Å². The van der Waals surface area contributed by atoms with E-state index >= 15 is 0 Å². The maximum atomic E-state index is 13.7. The molecule has 0 bridgehead atoms. The molecule has 0 aliphatic rings. The summed E-state index contributed by atoms with van der Waals surface area (Å²) in [6.07, 6.45) is 1.45. The van der Waals surface area contributed by atoms with E-state index in [0.29, 0.717) is 30.0 Å². The zero-order valence-electron chi connectivity index (χ0n) is 11.9. The van der Waals surface area contributed by atoms with Gasteiger partial charge in [0, 0.05) is 13.1 Å². The van der Waals surface area contributed by atoms with Crippen LogP contribution in [0.2, 0.25) is 0 Å². The van der Waals surface area contributed by atoms with Gasteiger partial charge < -0.3 is 10.6 Å². The lowest BCUT2D eigenvalue weighted by molar-refractivity contribution is 0.0953. The first kappa shape index (κ1) is 17.1. The predicted molar refractivity (Wildman–Crippen MR) is 81.8 cm³/mol. The van der Waals surface area contributed by atoms with Crippen molar-refractivity contribution in [3.63, 3.8) is 0 Å². The highest BCUT2D eigenvalue weighted by molar-refractivity contribution is 5.95. The molecule has 0 unspecified atom stereocenters. The number of likely N-dealkylation sites (N-methyl/N-ethyl adjacent to an activating group) is 1. The lowest BCUT2D eigenvalue weighted by Crippen LogP contribution is -2.30. The van der Waals surface area contributed by atoms with Crippen molar-refractivity contribution in [3.8, 4) is 5.69 Å². The van der Waals surface area contributed by atoms with Crippen molar-refractivity contribution in [2.45, 2.75) is 6.92 Å². The van der Waals surface area contributed by atoms with Crippen molar-refractivity contribution < 1.29 is 9.18 Å². The van der Waals surface area contributed by atoms with E-state index in [0.717, 1.165) is 0 Å². The number of carbonyl (C=O) groups excluding carboxylic acids is 1. The number of carbonyl (C=O) groups is 1. The summed E-state index contributed by atoms with van der Waals surface area (Å²) in [5.41, 5.74) is 1.39. The van der Waals surface area contributed by atoms with Gasteiger partial charge in [0.2, 0.25) is 0 Å². The van der Waals surface area contributed by atoms with Gasteiger partial charge in [-0.05, 0) is 26.1 Å². The topological polar surface area (TPSA) is 58.9 Å². The minimum atomic E-state index is -0.374. The molecule has 2 N–H and O–H groups in total. The molecule has 1 amide bonds. The molecule has 0 saturated heterocycles. The van der Waals surface area contributed by atoms with Gasteiger partial charge in [0.15, 0.2) is 0 Å². The van der Waals surface area contributed by atoms with E-state index in [-0.39, 0.29) is 24.1 Å². The normalized spacial score (nSPS) is 10.0. The van der Waals surface area contributed by atoms with Crippen molar-refractivity contribution in [2.75, 3.05) is 20.1 Å². The van der Waals surface area contributed by atoms with E-state index < -0.39 is 0 Å². The van der Waals surface area contributed by atoms with Crippen molar-refractivity contribution in [1.29, 1.82) is 0 Å². The minimum Gasteiger partial charge on any atom is -0.351 e. The highest BCUT2D eigenvalue weighted by Crippen LogP contribution is 2.16. The summed E-state index contributed by atoms with van der Waals surface area (Å²) in [6.45, 7) is 2.96. The van der Waals surface area contributed by atoms with Crippen molar-refractivity contribution in [2.24, 2.45) is 0 Å². The monoisotopic (exact) mass is 312 g/mol. The third-order valence-corrected chi connectivity index (χ3v) is 3.00. The smallest absolute Gasteiger partial charge is 0.254 e. The molecule has 0 atom stereocenters. The number of hydrogen-bond acceptors (Lipinski definition) is 3. The van der Waals surface area contributed by atoms with Gasteiger partial charge >= 0.3 is 0 Å². The number of amides is 1. The number of rotatable bonds is 5. The molecule has 0 saturated carbocycles. The summed E-state index contributed by atoms with van der Waals surface area (Å²) in [7, 11) is 1.81. The van der Waals surface area contributed by atoms with Gasteiger partial charge in [-0.15, -0.1) is 12.4 Å². The van der Waals surface area contributed by atoms with Crippen LogP contribution >= 0.6 is 12.4 Å². The molecule has 1 heterocycles. The van der Waals surface area contributed by atoms with Crippen LogP contribution in [-0.2, 0) is 0 Å². The standard InChI is InChI=1S/C14H17FN4O.ClH/c1-10-11(14(20)17-8-7-16-2)9-18-19(10)13-6-4-3-5-12(13)15;/h3-6,9,16H,7-8H2,1-2H3,(H,17,20);1H. The second-order valence-corrected chi connectivity index (χ2v) is 4.37. The van der Waals surface area contributed by atoms with Gasteiger partial charge in [0.25, 0.3) is 5.91 Å². The number of benzene rings is 1. The van der Waals surface area contributed by atoms with Crippen LogP contribution < -0.4 is 10.6 Å². The van der Waals surface area contributed by atoms with E-state index in [2.05, 4.69) is 15.7 Å². The second-order valence-electron chi connectivity index (χ2n) is 4.37. The van der Waals surface area contributed by atoms with Crippen LogP contribution in [0.5, 0.6) is 0 Å². The average Bonchev–Trinajstić information content (AvgIpc) is 2.81. The van der Waals surface area contributed by atoms with E-state index in [1.165, 1.54) is 16.9 Å². The molecular formula is C14H18ClFN4O. The van der Waals surface area contributed by atoms with E-state index in [1.807, 2.05) is 7.05 Å². The average molecular weight is 313 g/mol. The molecule has 0 fully saturated rings. The highest BCUT2D eigenvalue weighted by atomic mass is 35.5. The maximum absolute atomic E-state index is 13.7. The molecule has 0 aliphatic heterocycles. The van der Waals surface area contributed by atoms with Crippen molar-refractivity contribution >= 4 is 18.3 Å². The van der Waals surface area contributed by atoms with Crippen LogP contribution in [0.15, 0.2) is 30.5 Å². The Bertz CT molecular complexity index is 615. The lowest BCUT2D eigenvalue weighted by Gasteiger charge is -2.07. The van der Waals surface area contributed by atoms with Crippen LogP contribution in [0.4, 0.5) is 4.39 Å². The summed E-state index contributed by atoms with van der Waals surface area (Å²) < 4.78 is 15.2. The fourth-order valence-electron chi connectivity index (χ4n) is 1.90. The molecule has 114 valence electrons. The Hall–Kier alpha value is -1.92. The SMILES string of the molecule is CNCCNC(=O)c1cnn(-c2ccccc2F)c1C.Cl. The fraction of sp³-hybridized carbons (Fsp3) is 0.286. The minimum absolute atomic E-state index is 0. The molecule has 7 heteroatoms. The number of para-hydroxylation sites is 1. The van der Waals surface area contributed by atoms with Gasteiger partial charge in [-0.3, -0.25) is 4.79 Å². The molecule has 0 spiro atoms. The van der Waals surface area contributed by atoms with Gasteiger partial charge in [-0.1, -0.05) is 12.1 Å². The second kappa shape index (κ2) is 7.75. The quantitative estimate of drug-likeness (QED) is 0.826. The first-order valence-corrected chi connectivity index (χ1v) is 6.37. The predicted octanol–water partition coefficient (Wildman–Crippen LogP) is 1.69. The zero-order chi connectivity index (χ0) is 14.5. The Morgan fingerprint density at radius 1 is 1.33 bits per heavy atom. The Kier molecular flexibility index (Phi) is 6.33. The van der Waals surface area contributed by atoms with E-state index in [4.69, 9.17) is 0 Å². The molecular weight excluding hydrogens is 295 g/mol. The third-order valence-electron chi connectivity index (χ3n) is 3.00. The maximum Gasteiger partial charge on any atom is 0.254 e. The third kappa shape index (κ3) is 3.80. The van der Waals surface area contributed by atoms with Crippen molar-refractivity contribution in [1.82, 2.24) is 20.4 Å². The summed E-state index contributed by atoms with van der Waals surface area (Å²) in [4.78, 5) is 12.0. The van der Waals surface area contributed by atoms with Crippen LogP contribution in [-0.4, -0.2) is 35.8 Å². The molecule has 1 aromatic carbocycles. The lowest BCUT2D eigenvalue weighted by atomic mass is 10.2. The number of nitrogens with zero attached hydrogens (tertiary/aromatic N) is 2. The molecule has 1 aromatic heterocycles. The fourth-order valence-corrected chi connectivity index (χ4v) is 1.90. The first-order valence-electron chi connectivity index (χ1n) is 6.37. The largest absolute Gasteiger partial charge is 0.351 e. The van der Waals surface area contributed by atoms with Crippen LogP contribution in [0.1, 0.15) is 16.1 Å². The Labute approximate surface area is 129 Å². The molecule has 0 aliphatic carbocycles. The molecule has 5 nitrogen and oxygen atoms in total. The van der Waals surface area contributed by atoms with Crippen molar-refractivity contribution in [3.05, 3.63) is 47.5 Å². The molecule has 0 radical (unpaired) electrons. The highest BCUT2D eigenvalue weighted by Gasteiger charge is 2.16. The molecule has 2 aromatic rings. The number of hydrogen-bond donors (Lipinski definition) is 2. The Balaban J connectivity index is 0.00000220. The summed E-state index contributed by atoms with van der Waals surface area (Å²) in [5, 5.41) is 9.81. The van der Waals surface area contributed by atoms with Gasteiger partial charge in [-0.25, -0.2) is 9.07 Å². The van der Waals surface area contributed by atoms with Gasteiger partial charge in [0.05, 0.1) is 17.5 Å².